The topological polar surface area (TPSA) is 113 Å². The van der Waals surface area contributed by atoms with E-state index in [9.17, 15) is 19.1 Å². The summed E-state index contributed by atoms with van der Waals surface area (Å²) in [5.74, 6) is -1.46. The van der Waals surface area contributed by atoms with Gasteiger partial charge in [-0.25, -0.2) is 14.2 Å². The summed E-state index contributed by atoms with van der Waals surface area (Å²) in [6, 6.07) is 2.84. The van der Waals surface area contributed by atoms with Gasteiger partial charge in [0.05, 0.1) is 20.3 Å². The van der Waals surface area contributed by atoms with E-state index in [0.29, 0.717) is 45.3 Å². The van der Waals surface area contributed by atoms with Gasteiger partial charge in [0.25, 0.3) is 0 Å². The van der Waals surface area contributed by atoms with Gasteiger partial charge in [-0.05, 0) is 23.8 Å². The molecule has 2 aliphatic rings. The number of thiazole rings is 1. The zero-order valence-electron chi connectivity index (χ0n) is 18.6. The number of ether oxygens (including phenoxy) is 2. The third-order valence-corrected chi connectivity index (χ3v) is 7.01. The van der Waals surface area contributed by atoms with E-state index in [2.05, 4.69) is 26.2 Å². The summed E-state index contributed by atoms with van der Waals surface area (Å²) >= 11 is 4.83. The van der Waals surface area contributed by atoms with Crippen LogP contribution in [0.15, 0.2) is 62.7 Å². The van der Waals surface area contributed by atoms with E-state index in [1.54, 1.807) is 23.2 Å². The Balaban J connectivity index is 1.83. The lowest BCUT2D eigenvalue weighted by Gasteiger charge is -2.35. The highest BCUT2D eigenvalue weighted by molar-refractivity contribution is 9.10. The zero-order valence-corrected chi connectivity index (χ0v) is 21.0. The van der Waals surface area contributed by atoms with Gasteiger partial charge in [0.1, 0.15) is 17.9 Å². The molecule has 0 radical (unpaired) electrons. The molecule has 0 aliphatic carbocycles. The van der Waals surface area contributed by atoms with Crippen LogP contribution >= 0.6 is 27.3 Å². The maximum absolute atomic E-state index is 13.9. The van der Waals surface area contributed by atoms with Crippen molar-refractivity contribution >= 4 is 45.0 Å². The van der Waals surface area contributed by atoms with E-state index in [1.807, 2.05) is 5.38 Å². The van der Waals surface area contributed by atoms with Crippen molar-refractivity contribution in [1.82, 2.24) is 15.2 Å². The average Bonchev–Trinajstić information content (AvgIpc) is 3.38. The summed E-state index contributed by atoms with van der Waals surface area (Å²) in [5, 5.41) is 15.5. The normalized spacial score (nSPS) is 21.1. The number of halogens is 2. The molecule has 2 atom stereocenters. The maximum atomic E-state index is 13.9. The summed E-state index contributed by atoms with van der Waals surface area (Å²) < 4.78 is 24.5. The van der Waals surface area contributed by atoms with Crippen LogP contribution in [0.1, 0.15) is 16.6 Å². The van der Waals surface area contributed by atoms with Crippen LogP contribution in [-0.2, 0) is 19.1 Å². The second kappa shape index (κ2) is 11.2. The Hall–Kier alpha value is -2.93. The molecule has 0 amide bonds. The van der Waals surface area contributed by atoms with Gasteiger partial charge in [0.15, 0.2) is 10.8 Å². The van der Waals surface area contributed by atoms with Gasteiger partial charge in [-0.3, -0.25) is 14.7 Å². The van der Waals surface area contributed by atoms with Crippen molar-refractivity contribution in [3.8, 4) is 0 Å². The Kier molecular flexibility index (Phi) is 8.06. The maximum Gasteiger partial charge on any atom is 0.330 e. The van der Waals surface area contributed by atoms with Crippen LogP contribution in [0.2, 0.25) is 0 Å². The first-order valence-corrected chi connectivity index (χ1v) is 12.3. The lowest BCUT2D eigenvalue weighted by molar-refractivity contribution is -0.149. The van der Waals surface area contributed by atoms with Gasteiger partial charge in [-0.2, -0.15) is 0 Å². The van der Waals surface area contributed by atoms with Crippen LogP contribution in [0.3, 0.4) is 0 Å². The van der Waals surface area contributed by atoms with E-state index in [-0.39, 0.29) is 13.2 Å². The quantitative estimate of drug-likeness (QED) is 0.390. The Morgan fingerprint density at radius 1 is 1.46 bits per heavy atom. The van der Waals surface area contributed by atoms with Crippen molar-refractivity contribution in [3.63, 3.8) is 0 Å². The Labute approximate surface area is 213 Å². The number of nitrogens with one attached hydrogen (secondary N) is 1. The number of carboxylic acids is 1. The molecule has 35 heavy (non-hydrogen) atoms. The molecule has 9 nitrogen and oxygen atoms in total. The summed E-state index contributed by atoms with van der Waals surface area (Å²) in [6.45, 7) is 1.09. The van der Waals surface area contributed by atoms with Crippen LogP contribution in [-0.4, -0.2) is 72.2 Å². The fraction of sp³-hybridized carbons (Fsp3) is 0.304. The number of benzene rings is 1. The SMILES string of the molecule is COC(=O)/C=C/C1=C(CN2CCOC[C@H]2C(=O)O)NC(c2nccs2)=NC1c1ccc(F)cc1Br. The fourth-order valence-corrected chi connectivity index (χ4v) is 4.98. The number of aliphatic carboxylic acids is 1. The van der Waals surface area contributed by atoms with Crippen LogP contribution in [0.5, 0.6) is 0 Å². The van der Waals surface area contributed by atoms with Crippen molar-refractivity contribution in [1.29, 1.82) is 0 Å². The van der Waals surface area contributed by atoms with E-state index in [1.165, 1.54) is 36.7 Å². The molecule has 2 aliphatic heterocycles. The summed E-state index contributed by atoms with van der Waals surface area (Å²) in [5.41, 5.74) is 1.92. The van der Waals surface area contributed by atoms with Gasteiger partial charge in [-0.1, -0.05) is 22.0 Å². The number of nitrogens with zero attached hydrogens (tertiary/aromatic N) is 3. The second-order valence-electron chi connectivity index (χ2n) is 7.70. The molecule has 184 valence electrons. The second-order valence-corrected chi connectivity index (χ2v) is 9.45. The summed E-state index contributed by atoms with van der Waals surface area (Å²) in [7, 11) is 1.28. The number of methoxy groups -OCH3 is 1. The van der Waals surface area contributed by atoms with E-state index in [4.69, 9.17) is 14.5 Å². The number of carboxylic acid groups (broad SMARTS) is 1. The molecule has 0 spiro atoms. The van der Waals surface area contributed by atoms with Gasteiger partial charge in [0.2, 0.25) is 0 Å². The van der Waals surface area contributed by atoms with Crippen molar-refractivity contribution in [3.05, 3.63) is 74.1 Å². The molecule has 0 bridgehead atoms. The molecular formula is C23H22BrFN4O5S. The Morgan fingerprint density at radius 2 is 2.29 bits per heavy atom. The number of carbonyl (C=O) groups excluding carboxylic acids is 1. The molecule has 1 saturated heterocycles. The number of aromatic nitrogens is 1. The number of amidine groups is 1. The number of carbonyl (C=O) groups is 2. The molecule has 1 unspecified atom stereocenters. The van der Waals surface area contributed by atoms with Crippen molar-refractivity contribution in [2.75, 3.05) is 33.4 Å². The number of hydrogen-bond acceptors (Lipinski definition) is 9. The molecule has 2 N–H and O–H groups in total. The van der Waals surface area contributed by atoms with Crippen molar-refractivity contribution < 1.29 is 28.6 Å². The minimum Gasteiger partial charge on any atom is -0.480 e. The molecule has 3 heterocycles. The van der Waals surface area contributed by atoms with Crippen molar-refractivity contribution in [2.45, 2.75) is 12.1 Å². The van der Waals surface area contributed by atoms with Gasteiger partial charge < -0.3 is 19.9 Å². The predicted molar refractivity (Wildman–Crippen MR) is 131 cm³/mol. The van der Waals surface area contributed by atoms with Gasteiger partial charge in [0, 0.05) is 46.5 Å². The van der Waals surface area contributed by atoms with Crippen LogP contribution < -0.4 is 5.32 Å². The molecule has 1 aromatic carbocycles. The minimum absolute atomic E-state index is 0.0658. The first kappa shape index (κ1) is 25.2. The smallest absolute Gasteiger partial charge is 0.330 e. The van der Waals surface area contributed by atoms with Crippen LogP contribution in [0.4, 0.5) is 4.39 Å². The fourth-order valence-electron chi connectivity index (χ4n) is 3.83. The molecule has 1 aromatic heterocycles. The number of morpholine rings is 1. The highest BCUT2D eigenvalue weighted by Crippen LogP contribution is 2.37. The van der Waals surface area contributed by atoms with Gasteiger partial charge >= 0.3 is 11.9 Å². The number of rotatable bonds is 7. The molecule has 12 heteroatoms. The molecule has 2 aromatic rings. The monoisotopic (exact) mass is 564 g/mol. The van der Waals surface area contributed by atoms with Gasteiger partial charge in [-0.15, -0.1) is 11.3 Å². The first-order chi connectivity index (χ1) is 16.9. The standard InChI is InChI=1S/C23H22BrFN4O5S/c1-33-19(30)5-4-15-17(11-29-7-8-34-12-18(29)23(31)32)27-21(22-26-6-9-35-22)28-20(15)14-3-2-13(25)10-16(14)24/h2-6,9-10,18,20H,7-8,11-12H2,1H3,(H,27,28)(H,31,32)/b5-4+/t18-,20?/m0/s1. The van der Waals surface area contributed by atoms with E-state index >= 15 is 0 Å². The summed E-state index contributed by atoms with van der Waals surface area (Å²) in [4.78, 5) is 34.8. The zero-order chi connectivity index (χ0) is 24.9. The first-order valence-electron chi connectivity index (χ1n) is 10.6. The molecule has 1 fully saturated rings. The van der Waals surface area contributed by atoms with Crippen LogP contribution in [0.25, 0.3) is 0 Å². The number of aliphatic imine (C=N–C) groups is 1. The third kappa shape index (κ3) is 5.84. The Morgan fingerprint density at radius 3 is 2.97 bits per heavy atom. The number of esters is 1. The van der Waals surface area contributed by atoms with Crippen LogP contribution in [0, 0.1) is 5.82 Å². The van der Waals surface area contributed by atoms with Crippen molar-refractivity contribution in [2.24, 2.45) is 4.99 Å². The molecular weight excluding hydrogens is 543 g/mol. The average molecular weight is 565 g/mol. The summed E-state index contributed by atoms with van der Waals surface area (Å²) in [6.07, 6.45) is 4.53. The third-order valence-electron chi connectivity index (χ3n) is 5.55. The molecule has 0 saturated carbocycles. The highest BCUT2D eigenvalue weighted by Gasteiger charge is 2.33. The highest BCUT2D eigenvalue weighted by atomic mass is 79.9. The minimum atomic E-state index is -0.987. The van der Waals surface area contributed by atoms with E-state index < -0.39 is 29.8 Å². The number of hydrogen-bond donors (Lipinski definition) is 2. The molecule has 4 rings (SSSR count). The lowest BCUT2D eigenvalue weighted by Crippen LogP contribution is -2.52. The Bertz CT molecular complexity index is 1200. The predicted octanol–water partition coefficient (Wildman–Crippen LogP) is 2.90. The van der Waals surface area contributed by atoms with E-state index in [0.717, 1.165) is 0 Å². The lowest BCUT2D eigenvalue weighted by atomic mass is 9.94. The largest absolute Gasteiger partial charge is 0.480 e.